The first-order valence-corrected chi connectivity index (χ1v) is 8.37. The molecular weight excluding hydrogens is 296 g/mol. The zero-order valence-electron chi connectivity index (χ0n) is 12.9. The number of hydrogen-bond acceptors (Lipinski definition) is 4. The summed E-state index contributed by atoms with van der Waals surface area (Å²) in [6.07, 6.45) is 3.58. The second kappa shape index (κ2) is 6.48. The number of benzene rings is 1. The highest BCUT2D eigenvalue weighted by Crippen LogP contribution is 2.32. The molecule has 3 rings (SSSR count). The van der Waals surface area contributed by atoms with E-state index in [-0.39, 0.29) is 5.91 Å². The van der Waals surface area contributed by atoms with Crippen LogP contribution in [0.5, 0.6) is 5.75 Å². The Kier molecular flexibility index (Phi) is 4.43. The minimum Gasteiger partial charge on any atom is -0.496 e. The van der Waals surface area contributed by atoms with Gasteiger partial charge in [-0.25, -0.2) is 4.98 Å². The van der Waals surface area contributed by atoms with Crippen LogP contribution in [0.4, 0.5) is 5.13 Å². The van der Waals surface area contributed by atoms with E-state index in [1.165, 1.54) is 11.3 Å². The number of hydrogen-bond donors (Lipinski definition) is 1. The van der Waals surface area contributed by atoms with Crippen LogP contribution in [0.2, 0.25) is 0 Å². The van der Waals surface area contributed by atoms with Crippen LogP contribution < -0.4 is 10.1 Å². The highest BCUT2D eigenvalue weighted by atomic mass is 32.1. The lowest BCUT2D eigenvalue weighted by Gasteiger charge is -2.15. The minimum atomic E-state index is -0.0522. The summed E-state index contributed by atoms with van der Waals surface area (Å²) in [5.74, 6) is 1.40. The van der Waals surface area contributed by atoms with Crippen molar-refractivity contribution in [3.63, 3.8) is 0 Å². The van der Waals surface area contributed by atoms with Crippen LogP contribution in [0.15, 0.2) is 24.3 Å². The maximum absolute atomic E-state index is 12.2. The van der Waals surface area contributed by atoms with E-state index in [1.807, 2.05) is 24.3 Å². The van der Waals surface area contributed by atoms with Gasteiger partial charge in [-0.3, -0.25) is 4.79 Å². The molecule has 1 aliphatic carbocycles. The lowest BCUT2D eigenvalue weighted by Crippen LogP contribution is -2.14. The number of nitrogens with zero attached hydrogens (tertiary/aromatic N) is 1. The van der Waals surface area contributed by atoms with Gasteiger partial charge in [0, 0.05) is 10.4 Å². The Morgan fingerprint density at radius 1 is 1.45 bits per heavy atom. The summed E-state index contributed by atoms with van der Waals surface area (Å²) in [7, 11) is 1.62. The van der Waals surface area contributed by atoms with E-state index in [9.17, 15) is 4.79 Å². The monoisotopic (exact) mass is 316 g/mol. The summed E-state index contributed by atoms with van der Waals surface area (Å²) in [6.45, 7) is 2.27. The molecule has 1 heterocycles. The quantitative estimate of drug-likeness (QED) is 0.940. The molecule has 0 radical (unpaired) electrons. The van der Waals surface area contributed by atoms with Gasteiger partial charge in [-0.15, -0.1) is 11.3 Å². The number of anilines is 1. The maximum Gasteiger partial charge on any atom is 0.230 e. The molecule has 0 aliphatic heterocycles. The standard InChI is InChI=1S/C17H20N2O2S/c1-11-7-8-13-15(9-11)22-17(18-13)19-16(20)10-12-5-3-4-6-14(12)21-2/h3-6,11H,7-10H2,1-2H3,(H,18,19,20)/t11-/m1/s1. The fraction of sp³-hybridized carbons (Fsp3) is 0.412. The average molecular weight is 316 g/mol. The largest absolute Gasteiger partial charge is 0.496 e. The van der Waals surface area contributed by atoms with E-state index in [1.54, 1.807) is 18.4 Å². The summed E-state index contributed by atoms with van der Waals surface area (Å²) in [5.41, 5.74) is 2.05. The van der Waals surface area contributed by atoms with Crippen molar-refractivity contribution in [1.82, 2.24) is 4.98 Å². The van der Waals surface area contributed by atoms with Crippen LogP contribution >= 0.6 is 11.3 Å². The molecule has 116 valence electrons. The summed E-state index contributed by atoms with van der Waals surface area (Å²) < 4.78 is 5.28. The van der Waals surface area contributed by atoms with Crippen LogP contribution in [0, 0.1) is 5.92 Å². The van der Waals surface area contributed by atoms with Crippen molar-refractivity contribution >= 4 is 22.4 Å². The van der Waals surface area contributed by atoms with Gasteiger partial charge < -0.3 is 10.1 Å². The van der Waals surface area contributed by atoms with Gasteiger partial charge in [0.05, 0.1) is 19.2 Å². The van der Waals surface area contributed by atoms with E-state index in [4.69, 9.17) is 4.74 Å². The van der Waals surface area contributed by atoms with Crippen molar-refractivity contribution < 1.29 is 9.53 Å². The number of ether oxygens (including phenoxy) is 1. The lowest BCUT2D eigenvalue weighted by atomic mass is 9.93. The predicted molar refractivity (Wildman–Crippen MR) is 88.6 cm³/mol. The number of aromatic nitrogens is 1. The molecule has 0 saturated carbocycles. The van der Waals surface area contributed by atoms with Crippen LogP contribution in [-0.4, -0.2) is 18.0 Å². The molecule has 0 fully saturated rings. The Labute approximate surface area is 134 Å². The van der Waals surface area contributed by atoms with Gasteiger partial charge in [0.25, 0.3) is 0 Å². The van der Waals surface area contributed by atoms with E-state index >= 15 is 0 Å². The van der Waals surface area contributed by atoms with Crippen molar-refractivity contribution in [2.45, 2.75) is 32.6 Å². The Morgan fingerprint density at radius 2 is 2.27 bits per heavy atom. The lowest BCUT2D eigenvalue weighted by molar-refractivity contribution is -0.115. The van der Waals surface area contributed by atoms with Gasteiger partial charge in [0.15, 0.2) is 5.13 Å². The van der Waals surface area contributed by atoms with Gasteiger partial charge in [0.2, 0.25) is 5.91 Å². The third-order valence-corrected chi connectivity index (χ3v) is 5.01. The molecule has 4 nitrogen and oxygen atoms in total. The maximum atomic E-state index is 12.2. The normalized spacial score (nSPS) is 16.9. The molecule has 1 amide bonds. The third-order valence-electron chi connectivity index (χ3n) is 3.98. The molecule has 1 N–H and O–H groups in total. The van der Waals surface area contributed by atoms with Gasteiger partial charge in [-0.05, 0) is 31.2 Å². The van der Waals surface area contributed by atoms with Crippen LogP contribution in [-0.2, 0) is 24.1 Å². The van der Waals surface area contributed by atoms with Gasteiger partial charge in [-0.1, -0.05) is 25.1 Å². The van der Waals surface area contributed by atoms with Crippen molar-refractivity contribution in [3.8, 4) is 5.75 Å². The van der Waals surface area contributed by atoms with E-state index in [2.05, 4.69) is 17.2 Å². The number of aryl methyl sites for hydroxylation is 1. The number of carbonyl (C=O) groups is 1. The summed E-state index contributed by atoms with van der Waals surface area (Å²) in [5, 5.41) is 3.65. The van der Waals surface area contributed by atoms with Gasteiger partial charge >= 0.3 is 0 Å². The van der Waals surface area contributed by atoms with E-state index in [0.29, 0.717) is 12.3 Å². The second-order valence-electron chi connectivity index (χ2n) is 5.77. The SMILES string of the molecule is COc1ccccc1CC(=O)Nc1nc2c(s1)C[C@H](C)CC2. The van der Waals surface area contributed by atoms with Crippen molar-refractivity contribution in [2.75, 3.05) is 12.4 Å². The number of rotatable bonds is 4. The fourth-order valence-corrected chi connectivity index (χ4v) is 3.97. The van der Waals surface area contributed by atoms with E-state index in [0.717, 1.165) is 35.0 Å². The fourth-order valence-electron chi connectivity index (χ4n) is 2.78. The first-order chi connectivity index (χ1) is 10.7. The summed E-state index contributed by atoms with van der Waals surface area (Å²) in [6, 6.07) is 7.59. The summed E-state index contributed by atoms with van der Waals surface area (Å²) >= 11 is 1.61. The first kappa shape index (κ1) is 15.0. The Bertz CT molecular complexity index is 681. The summed E-state index contributed by atoms with van der Waals surface area (Å²) in [4.78, 5) is 18.1. The molecule has 0 unspecified atom stereocenters. The number of fused-ring (bicyclic) bond motifs is 1. The number of thiazole rings is 1. The van der Waals surface area contributed by atoms with E-state index < -0.39 is 0 Å². The smallest absolute Gasteiger partial charge is 0.230 e. The molecule has 5 heteroatoms. The zero-order valence-corrected chi connectivity index (χ0v) is 13.7. The molecule has 0 saturated heterocycles. The molecule has 1 atom stereocenters. The van der Waals surface area contributed by atoms with Crippen LogP contribution in [0.25, 0.3) is 0 Å². The number of para-hydroxylation sites is 1. The highest BCUT2D eigenvalue weighted by molar-refractivity contribution is 7.15. The molecule has 2 aromatic rings. The highest BCUT2D eigenvalue weighted by Gasteiger charge is 2.20. The van der Waals surface area contributed by atoms with Crippen LogP contribution in [0.3, 0.4) is 0 Å². The molecular formula is C17H20N2O2S. The molecule has 1 aromatic heterocycles. The van der Waals surface area contributed by atoms with Gasteiger partial charge in [0.1, 0.15) is 5.75 Å². The van der Waals surface area contributed by atoms with Gasteiger partial charge in [-0.2, -0.15) is 0 Å². The zero-order chi connectivity index (χ0) is 15.5. The Morgan fingerprint density at radius 3 is 3.09 bits per heavy atom. The number of methoxy groups -OCH3 is 1. The van der Waals surface area contributed by atoms with Crippen molar-refractivity contribution in [3.05, 3.63) is 40.4 Å². The minimum absolute atomic E-state index is 0.0522. The van der Waals surface area contributed by atoms with Crippen molar-refractivity contribution in [2.24, 2.45) is 5.92 Å². The molecule has 0 bridgehead atoms. The average Bonchev–Trinajstić information content (AvgIpc) is 2.88. The molecule has 1 aliphatic rings. The predicted octanol–water partition coefficient (Wildman–Crippen LogP) is 3.46. The Balaban J connectivity index is 1.67. The molecule has 22 heavy (non-hydrogen) atoms. The third kappa shape index (κ3) is 3.30. The molecule has 0 spiro atoms. The number of nitrogens with one attached hydrogen (secondary N) is 1. The number of carbonyl (C=O) groups excluding carboxylic acids is 1. The first-order valence-electron chi connectivity index (χ1n) is 7.56. The second-order valence-corrected chi connectivity index (χ2v) is 6.86. The van der Waals surface area contributed by atoms with Crippen LogP contribution in [0.1, 0.15) is 29.5 Å². The molecule has 1 aromatic carbocycles. The van der Waals surface area contributed by atoms with Crippen molar-refractivity contribution in [1.29, 1.82) is 0 Å². The number of amides is 1. The topological polar surface area (TPSA) is 51.2 Å². The Hall–Kier alpha value is -1.88.